The van der Waals surface area contributed by atoms with Gasteiger partial charge in [0.05, 0.1) is 36.3 Å². The third kappa shape index (κ3) is 2.66. The van der Waals surface area contributed by atoms with Gasteiger partial charge in [-0.15, -0.1) is 5.10 Å². The first-order valence-corrected chi connectivity index (χ1v) is 10.8. The number of nitrogens with one attached hydrogen (secondary N) is 2. The van der Waals surface area contributed by atoms with Crippen LogP contribution in [0.1, 0.15) is 12.5 Å². The lowest BCUT2D eigenvalue weighted by Crippen LogP contribution is -2.41. The molecule has 4 N–H and O–H groups in total. The zero-order valence-corrected chi connectivity index (χ0v) is 18.7. The lowest BCUT2D eigenvalue weighted by molar-refractivity contribution is -0.132. The van der Waals surface area contributed by atoms with Gasteiger partial charge in [0.15, 0.2) is 17.0 Å². The van der Waals surface area contributed by atoms with Crippen molar-refractivity contribution in [3.05, 3.63) is 24.9 Å². The molecular weight excluding hydrogens is 442 g/mol. The first kappa shape index (κ1) is 20.7. The molecule has 0 spiro atoms. The Morgan fingerprint density at radius 1 is 1.24 bits per heavy atom. The summed E-state index contributed by atoms with van der Waals surface area (Å²) in [5, 5.41) is 39.8. The lowest BCUT2D eigenvalue weighted by atomic mass is 9.98. The van der Waals surface area contributed by atoms with E-state index in [1.807, 2.05) is 13.2 Å². The molecule has 0 bridgehead atoms. The van der Waals surface area contributed by atoms with E-state index in [-0.39, 0.29) is 17.8 Å². The highest BCUT2D eigenvalue weighted by molar-refractivity contribution is 5.88. The topological polar surface area (TPSA) is 174 Å². The number of imidazole rings is 1. The molecule has 2 aliphatic rings. The molecular formula is C20H23N11O3. The van der Waals surface area contributed by atoms with Crippen molar-refractivity contribution in [3.8, 4) is 17.2 Å². The summed E-state index contributed by atoms with van der Waals surface area (Å²) in [5.74, 6) is 0.212. The molecule has 2 aliphatic carbocycles. The fourth-order valence-electron chi connectivity index (χ4n) is 5.23. The van der Waals surface area contributed by atoms with E-state index < -0.39 is 23.7 Å². The van der Waals surface area contributed by atoms with Gasteiger partial charge in [-0.1, -0.05) is 5.21 Å². The Kier molecular flexibility index (Phi) is 4.28. The van der Waals surface area contributed by atoms with Gasteiger partial charge in [-0.3, -0.25) is 9.48 Å². The second-order valence-electron chi connectivity index (χ2n) is 8.75. The molecule has 0 saturated heterocycles. The van der Waals surface area contributed by atoms with Crippen molar-refractivity contribution in [1.82, 2.24) is 49.6 Å². The highest BCUT2D eigenvalue weighted by Crippen LogP contribution is 2.67. The molecule has 2 fully saturated rings. The number of carbonyl (C=O) groups is 1. The summed E-state index contributed by atoms with van der Waals surface area (Å²) in [6.45, 7) is 0. The predicted octanol–water partition coefficient (Wildman–Crippen LogP) is -1.12. The molecule has 14 heteroatoms. The lowest BCUT2D eigenvalue weighted by Gasteiger charge is -2.23. The third-order valence-electron chi connectivity index (χ3n) is 6.99. The van der Waals surface area contributed by atoms with E-state index in [1.54, 1.807) is 35.0 Å². The fourth-order valence-corrected chi connectivity index (χ4v) is 5.23. The van der Waals surface area contributed by atoms with Crippen LogP contribution in [0.5, 0.6) is 0 Å². The summed E-state index contributed by atoms with van der Waals surface area (Å²) in [6.07, 6.45) is 4.93. The molecule has 1 amide bonds. The molecule has 34 heavy (non-hydrogen) atoms. The average molecular weight is 465 g/mol. The van der Waals surface area contributed by atoms with E-state index >= 15 is 0 Å². The number of anilines is 1. The van der Waals surface area contributed by atoms with Crippen molar-refractivity contribution in [2.24, 2.45) is 18.4 Å². The molecule has 6 rings (SSSR count). The standard InChI is InChI=1S/C20H23N11O3/c1-21-16-12-17(26-19(25-16)31-7-11(27-28-31)9-5-24-29(3)6-9)30(8-23-12)13-10-4-20(10,18(34)22-2)15(33)14(13)32/h5-8,10,13-15,32-33H,4H2,1-3H3,(H,22,34)(H,21,25,26)/t10?,13-,14?,15+,20-/m1/s1. The number of nitrogens with zero attached hydrogens (tertiary/aromatic N) is 9. The van der Waals surface area contributed by atoms with Crippen LogP contribution in [0.25, 0.3) is 28.4 Å². The first-order chi connectivity index (χ1) is 16.4. The van der Waals surface area contributed by atoms with Gasteiger partial charge in [-0.2, -0.15) is 19.7 Å². The molecule has 14 nitrogen and oxygen atoms in total. The van der Waals surface area contributed by atoms with Gasteiger partial charge in [0.2, 0.25) is 5.91 Å². The van der Waals surface area contributed by atoms with Crippen LogP contribution in [-0.4, -0.2) is 86.7 Å². The minimum Gasteiger partial charge on any atom is -0.389 e. The van der Waals surface area contributed by atoms with Crippen molar-refractivity contribution in [2.75, 3.05) is 19.4 Å². The van der Waals surface area contributed by atoms with E-state index in [0.29, 0.717) is 29.1 Å². The normalized spacial score (nSPS) is 27.7. The Labute approximate surface area is 192 Å². The molecule has 0 aromatic carbocycles. The molecule has 2 saturated carbocycles. The highest BCUT2D eigenvalue weighted by atomic mass is 16.3. The molecule has 2 unspecified atom stereocenters. The summed E-state index contributed by atoms with van der Waals surface area (Å²) in [7, 11) is 5.07. The molecule has 4 aromatic rings. The van der Waals surface area contributed by atoms with Crippen LogP contribution >= 0.6 is 0 Å². The number of fused-ring (bicyclic) bond motifs is 2. The van der Waals surface area contributed by atoms with Crippen molar-refractivity contribution in [1.29, 1.82) is 0 Å². The van der Waals surface area contributed by atoms with Gasteiger partial charge in [0.1, 0.15) is 11.8 Å². The second-order valence-corrected chi connectivity index (χ2v) is 8.75. The van der Waals surface area contributed by atoms with E-state index in [2.05, 4.69) is 41.0 Å². The third-order valence-corrected chi connectivity index (χ3v) is 6.99. The van der Waals surface area contributed by atoms with E-state index in [4.69, 9.17) is 0 Å². The van der Waals surface area contributed by atoms with Crippen LogP contribution in [0, 0.1) is 11.3 Å². The number of hydrogen-bond donors (Lipinski definition) is 4. The number of aryl methyl sites for hydroxylation is 1. The number of aliphatic hydroxyl groups is 2. The van der Waals surface area contributed by atoms with E-state index in [0.717, 1.165) is 5.56 Å². The summed E-state index contributed by atoms with van der Waals surface area (Å²) in [5.41, 5.74) is 1.36. The van der Waals surface area contributed by atoms with Crippen LogP contribution in [0.3, 0.4) is 0 Å². The summed E-state index contributed by atoms with van der Waals surface area (Å²) in [4.78, 5) is 26.1. The Balaban J connectivity index is 1.43. The van der Waals surface area contributed by atoms with Gasteiger partial charge in [-0.25, -0.2) is 4.98 Å². The SMILES string of the molecule is CNC(=O)[C@]12CC1[C@@H](n1cnc3c(NC)nc(-n4cc(-c5cnn(C)c5)nn4)nc31)C(O)[C@@H]2O. The fraction of sp³-hybridized carbons (Fsp3) is 0.450. The maximum Gasteiger partial charge on any atom is 0.256 e. The summed E-state index contributed by atoms with van der Waals surface area (Å²) >= 11 is 0. The van der Waals surface area contributed by atoms with Gasteiger partial charge >= 0.3 is 0 Å². The van der Waals surface area contributed by atoms with Crippen molar-refractivity contribution in [3.63, 3.8) is 0 Å². The van der Waals surface area contributed by atoms with Crippen molar-refractivity contribution >= 4 is 22.9 Å². The largest absolute Gasteiger partial charge is 0.389 e. The number of amides is 1. The highest BCUT2D eigenvalue weighted by Gasteiger charge is 2.75. The van der Waals surface area contributed by atoms with Crippen molar-refractivity contribution in [2.45, 2.75) is 24.7 Å². The maximum atomic E-state index is 12.5. The van der Waals surface area contributed by atoms with Crippen LogP contribution in [0.15, 0.2) is 24.9 Å². The quantitative estimate of drug-likeness (QED) is 0.283. The smallest absolute Gasteiger partial charge is 0.256 e. The summed E-state index contributed by atoms with van der Waals surface area (Å²) in [6, 6.07) is -0.563. The average Bonchev–Trinajstić information content (AvgIpc) is 3.26. The molecule has 0 aliphatic heterocycles. The first-order valence-electron chi connectivity index (χ1n) is 10.8. The summed E-state index contributed by atoms with van der Waals surface area (Å²) < 4.78 is 4.84. The van der Waals surface area contributed by atoms with Gasteiger partial charge in [0, 0.05) is 38.8 Å². The Bertz CT molecular complexity index is 1420. The van der Waals surface area contributed by atoms with Crippen LogP contribution in [0.4, 0.5) is 5.82 Å². The van der Waals surface area contributed by atoms with Gasteiger partial charge in [0.25, 0.3) is 5.95 Å². The predicted molar refractivity (Wildman–Crippen MR) is 118 cm³/mol. The van der Waals surface area contributed by atoms with E-state index in [9.17, 15) is 15.0 Å². The van der Waals surface area contributed by atoms with Crippen LogP contribution in [0.2, 0.25) is 0 Å². The maximum absolute atomic E-state index is 12.5. The van der Waals surface area contributed by atoms with Crippen LogP contribution in [-0.2, 0) is 11.8 Å². The zero-order chi connectivity index (χ0) is 23.8. The number of carbonyl (C=O) groups excluding carboxylic acids is 1. The molecule has 4 heterocycles. The Hall–Kier alpha value is -3.91. The van der Waals surface area contributed by atoms with Crippen LogP contribution < -0.4 is 10.6 Å². The minimum atomic E-state index is -1.18. The number of aromatic nitrogens is 9. The number of hydrogen-bond acceptors (Lipinski definition) is 10. The number of aliphatic hydroxyl groups excluding tert-OH is 2. The molecule has 4 aromatic heterocycles. The van der Waals surface area contributed by atoms with Gasteiger partial charge < -0.3 is 25.4 Å². The molecule has 176 valence electrons. The van der Waals surface area contributed by atoms with Crippen molar-refractivity contribution < 1.29 is 15.0 Å². The Morgan fingerprint density at radius 3 is 2.76 bits per heavy atom. The van der Waals surface area contributed by atoms with Gasteiger partial charge in [-0.05, 0) is 6.42 Å². The number of rotatable bonds is 5. The molecule has 0 radical (unpaired) electrons. The molecule has 5 atom stereocenters. The minimum absolute atomic E-state index is 0.241. The second kappa shape index (κ2) is 7.04. The van der Waals surface area contributed by atoms with E-state index in [1.165, 1.54) is 11.7 Å². The Morgan fingerprint density at radius 2 is 2.06 bits per heavy atom. The monoisotopic (exact) mass is 465 g/mol. The zero-order valence-electron chi connectivity index (χ0n) is 18.7.